The summed E-state index contributed by atoms with van der Waals surface area (Å²) in [6, 6.07) is 47.5. The highest BCUT2D eigenvalue weighted by molar-refractivity contribution is 7.99. The topological polar surface area (TPSA) is 0 Å². The van der Waals surface area contributed by atoms with Gasteiger partial charge in [0.1, 0.15) is 0 Å². The molecule has 0 saturated carbocycles. The smallest absolute Gasteiger partial charge is 0.0207 e. The van der Waals surface area contributed by atoms with Gasteiger partial charge in [0.15, 0.2) is 0 Å². The van der Waals surface area contributed by atoms with E-state index in [1.54, 1.807) is 0 Å². The van der Waals surface area contributed by atoms with Crippen LogP contribution in [0.2, 0.25) is 0 Å². The molecule has 0 bridgehead atoms. The lowest BCUT2D eigenvalue weighted by Gasteiger charge is -2.22. The zero-order chi connectivity index (χ0) is 26.8. The summed E-state index contributed by atoms with van der Waals surface area (Å²) >= 11 is 1.90. The Morgan fingerprint density at radius 2 is 1.05 bits per heavy atom. The minimum Gasteiger partial charge on any atom is -0.0888 e. The summed E-state index contributed by atoms with van der Waals surface area (Å²) in [5, 5.41) is 7.88. The second-order valence-corrected chi connectivity index (χ2v) is 12.2. The molecule has 0 nitrogen and oxygen atoms in total. The first kappa shape index (κ1) is 23.5. The molecule has 1 aliphatic heterocycles. The second-order valence-electron chi connectivity index (χ2n) is 11.1. The highest BCUT2D eigenvalue weighted by Gasteiger charge is 2.21. The van der Waals surface area contributed by atoms with E-state index in [0.717, 1.165) is 0 Å². The fraction of sp³-hybridized carbons (Fsp3) is 0.0769. The summed E-state index contributed by atoms with van der Waals surface area (Å²) in [5.74, 6) is 0.519. The molecule has 7 aromatic carbocycles. The van der Waals surface area contributed by atoms with Crippen LogP contribution < -0.4 is 0 Å². The van der Waals surface area contributed by atoms with Crippen LogP contribution in [0.4, 0.5) is 0 Å². The summed E-state index contributed by atoms with van der Waals surface area (Å²) in [6.07, 6.45) is 0. The molecule has 7 aromatic rings. The van der Waals surface area contributed by atoms with Gasteiger partial charge in [-0.25, -0.2) is 0 Å². The van der Waals surface area contributed by atoms with Crippen molar-refractivity contribution in [3.63, 3.8) is 0 Å². The zero-order valence-corrected chi connectivity index (χ0v) is 23.4. The van der Waals surface area contributed by atoms with Crippen molar-refractivity contribution >= 4 is 44.1 Å². The minimum absolute atomic E-state index is 0.519. The van der Waals surface area contributed by atoms with Crippen LogP contribution in [0.15, 0.2) is 137 Å². The Hall–Kier alpha value is -4.33. The predicted molar refractivity (Wildman–Crippen MR) is 173 cm³/mol. The number of rotatable bonds is 3. The van der Waals surface area contributed by atoms with Gasteiger partial charge in [-0.05, 0) is 83.9 Å². The van der Waals surface area contributed by atoms with Crippen molar-refractivity contribution in [2.45, 2.75) is 29.6 Å². The van der Waals surface area contributed by atoms with Gasteiger partial charge in [-0.2, -0.15) is 0 Å². The first-order chi connectivity index (χ1) is 19.7. The van der Waals surface area contributed by atoms with Crippen molar-refractivity contribution in [3.8, 4) is 33.4 Å². The summed E-state index contributed by atoms with van der Waals surface area (Å²) in [4.78, 5) is 2.66. The molecule has 0 spiro atoms. The Balaban J connectivity index is 1.39. The molecule has 0 atom stereocenters. The van der Waals surface area contributed by atoms with Crippen LogP contribution >= 0.6 is 11.8 Å². The van der Waals surface area contributed by atoms with Crippen LogP contribution in [0.3, 0.4) is 0 Å². The van der Waals surface area contributed by atoms with Gasteiger partial charge in [-0.1, -0.05) is 141 Å². The first-order valence-corrected chi connectivity index (χ1v) is 14.9. The SMILES string of the molecule is CC(C)c1ccc(-c2c3ccccc3c(-c3ccc4c(c3)Sc3cccc5cccc-4c35)c3ccccc23)cc1. The molecule has 0 aromatic heterocycles. The fourth-order valence-electron chi connectivity index (χ4n) is 6.50. The molecular formula is C39H28S. The van der Waals surface area contributed by atoms with Crippen LogP contribution in [0, 0.1) is 0 Å². The normalized spacial score (nSPS) is 12.4. The van der Waals surface area contributed by atoms with Crippen molar-refractivity contribution in [3.05, 3.63) is 133 Å². The Morgan fingerprint density at radius 3 is 1.68 bits per heavy atom. The van der Waals surface area contributed by atoms with E-state index in [4.69, 9.17) is 0 Å². The van der Waals surface area contributed by atoms with Crippen molar-refractivity contribution in [2.75, 3.05) is 0 Å². The Kier molecular flexibility index (Phi) is 5.37. The van der Waals surface area contributed by atoms with Crippen LogP contribution in [0.1, 0.15) is 25.3 Å². The van der Waals surface area contributed by atoms with Crippen molar-refractivity contribution < 1.29 is 0 Å². The molecule has 1 heteroatoms. The summed E-state index contributed by atoms with van der Waals surface area (Å²) < 4.78 is 0. The van der Waals surface area contributed by atoms with Gasteiger partial charge in [0, 0.05) is 15.2 Å². The molecule has 0 unspecified atom stereocenters. The van der Waals surface area contributed by atoms with E-state index in [9.17, 15) is 0 Å². The van der Waals surface area contributed by atoms with E-state index in [0.29, 0.717) is 5.92 Å². The third-order valence-electron chi connectivity index (χ3n) is 8.44. The fourth-order valence-corrected chi connectivity index (χ4v) is 7.69. The van der Waals surface area contributed by atoms with E-state index < -0.39 is 0 Å². The van der Waals surface area contributed by atoms with Crippen LogP contribution in [-0.2, 0) is 0 Å². The maximum absolute atomic E-state index is 2.42. The summed E-state index contributed by atoms with van der Waals surface area (Å²) in [5.41, 5.74) is 9.21. The van der Waals surface area contributed by atoms with Gasteiger partial charge in [0.05, 0.1) is 0 Å². The van der Waals surface area contributed by atoms with Gasteiger partial charge < -0.3 is 0 Å². The molecule has 40 heavy (non-hydrogen) atoms. The molecular weight excluding hydrogens is 500 g/mol. The Morgan fingerprint density at radius 1 is 0.475 bits per heavy atom. The van der Waals surface area contributed by atoms with Gasteiger partial charge in [0.25, 0.3) is 0 Å². The minimum atomic E-state index is 0.519. The highest BCUT2D eigenvalue weighted by Crippen LogP contribution is 2.50. The summed E-state index contributed by atoms with van der Waals surface area (Å²) in [6.45, 7) is 4.51. The molecule has 0 N–H and O–H groups in total. The van der Waals surface area contributed by atoms with Crippen molar-refractivity contribution in [2.24, 2.45) is 0 Å². The highest BCUT2D eigenvalue weighted by atomic mass is 32.2. The maximum atomic E-state index is 2.42. The number of hydrogen-bond donors (Lipinski definition) is 0. The van der Waals surface area contributed by atoms with Gasteiger partial charge in [-0.15, -0.1) is 0 Å². The molecule has 0 fully saturated rings. The molecule has 1 aliphatic rings. The molecule has 0 saturated heterocycles. The average Bonchev–Trinajstić information content (AvgIpc) is 3.00. The molecule has 8 rings (SSSR count). The maximum Gasteiger partial charge on any atom is 0.0207 e. The lowest BCUT2D eigenvalue weighted by atomic mass is 9.85. The van der Waals surface area contributed by atoms with E-state index in [1.807, 2.05) is 11.8 Å². The Bertz CT molecular complexity index is 2040. The van der Waals surface area contributed by atoms with Gasteiger partial charge in [0.2, 0.25) is 0 Å². The number of fused-ring (bicyclic) bond motifs is 4. The first-order valence-electron chi connectivity index (χ1n) is 14.1. The van der Waals surface area contributed by atoms with Crippen molar-refractivity contribution in [1.82, 2.24) is 0 Å². The largest absolute Gasteiger partial charge is 0.0888 e. The van der Waals surface area contributed by atoms with E-state index in [-0.39, 0.29) is 0 Å². The van der Waals surface area contributed by atoms with E-state index >= 15 is 0 Å². The second kappa shape index (κ2) is 9.11. The van der Waals surface area contributed by atoms with E-state index in [1.165, 1.54) is 81.1 Å². The third kappa shape index (κ3) is 3.55. The average molecular weight is 529 g/mol. The molecule has 0 amide bonds. The summed E-state index contributed by atoms with van der Waals surface area (Å²) in [7, 11) is 0. The molecule has 190 valence electrons. The zero-order valence-electron chi connectivity index (χ0n) is 22.6. The van der Waals surface area contributed by atoms with E-state index in [2.05, 4.69) is 141 Å². The lowest BCUT2D eigenvalue weighted by Crippen LogP contribution is -1.95. The van der Waals surface area contributed by atoms with Gasteiger partial charge >= 0.3 is 0 Å². The van der Waals surface area contributed by atoms with Gasteiger partial charge in [-0.3, -0.25) is 0 Å². The standard InChI is InChI=1S/C39H28S/c1-24(2)25-17-19-27(20-18-25)37-31-11-3-5-13-33(31)38(34-14-6-4-12-32(34)37)28-21-22-29-30-15-7-9-26-10-8-16-35(39(26)30)40-36(29)23-28/h3-24H,1-2H3. The number of hydrogen-bond acceptors (Lipinski definition) is 1. The lowest BCUT2D eigenvalue weighted by molar-refractivity contribution is 0.867. The molecule has 1 heterocycles. The molecule has 0 radical (unpaired) electrons. The van der Waals surface area contributed by atoms with Crippen LogP contribution in [0.25, 0.3) is 65.7 Å². The number of benzene rings is 7. The van der Waals surface area contributed by atoms with Crippen molar-refractivity contribution in [1.29, 1.82) is 0 Å². The monoisotopic (exact) mass is 528 g/mol. The third-order valence-corrected chi connectivity index (χ3v) is 9.56. The Labute approximate surface area is 239 Å². The molecule has 0 aliphatic carbocycles. The quantitative estimate of drug-likeness (QED) is 0.205. The van der Waals surface area contributed by atoms with Crippen LogP contribution in [-0.4, -0.2) is 0 Å². The van der Waals surface area contributed by atoms with Crippen LogP contribution in [0.5, 0.6) is 0 Å². The predicted octanol–water partition coefficient (Wildman–Crippen LogP) is 11.7.